The first kappa shape index (κ1) is 12.5. The van der Waals surface area contributed by atoms with Crippen LogP contribution in [0.15, 0.2) is 35.1 Å². The van der Waals surface area contributed by atoms with Gasteiger partial charge in [-0.2, -0.15) is 4.57 Å². The van der Waals surface area contributed by atoms with E-state index >= 15 is 0 Å². The van der Waals surface area contributed by atoms with Crippen molar-refractivity contribution < 1.29 is 13.7 Å². The van der Waals surface area contributed by atoms with Crippen LogP contribution < -0.4 is 9.30 Å². The molecule has 1 aliphatic heterocycles. The first-order valence-electron chi connectivity index (χ1n) is 7.29. The van der Waals surface area contributed by atoms with E-state index in [9.17, 15) is 0 Å². The Labute approximate surface area is 123 Å². The average Bonchev–Trinajstić information content (AvgIpc) is 2.85. The number of hydrogen-bond donors (Lipinski definition) is 0. The third-order valence-corrected chi connectivity index (χ3v) is 4.29. The molecule has 0 spiro atoms. The van der Waals surface area contributed by atoms with Gasteiger partial charge in [0, 0.05) is 11.6 Å². The predicted molar refractivity (Wildman–Crippen MR) is 81.7 cm³/mol. The second-order valence-electron chi connectivity index (χ2n) is 6.05. The molecule has 0 radical (unpaired) electrons. The van der Waals surface area contributed by atoms with Crippen molar-refractivity contribution >= 4 is 11.0 Å². The topological polar surface area (TPSA) is 26.2 Å². The SMILES string of the molecule is Cc1ccc2occ3c2c1-c1c(c(C(C)C)cc[n+]1C)O3. The number of benzene rings is 1. The van der Waals surface area contributed by atoms with Gasteiger partial charge in [-0.25, -0.2) is 0 Å². The Kier molecular flexibility index (Phi) is 2.43. The molecule has 3 nitrogen and oxygen atoms in total. The van der Waals surface area contributed by atoms with Crippen molar-refractivity contribution in [3.63, 3.8) is 0 Å². The van der Waals surface area contributed by atoms with Gasteiger partial charge in [-0.1, -0.05) is 19.9 Å². The molecule has 0 saturated carbocycles. The normalized spacial score (nSPS) is 12.6. The van der Waals surface area contributed by atoms with Crippen LogP contribution in [0.2, 0.25) is 0 Å². The Morgan fingerprint density at radius 2 is 1.95 bits per heavy atom. The molecule has 3 aromatic rings. The molecule has 4 rings (SSSR count). The fourth-order valence-electron chi connectivity index (χ4n) is 3.19. The molecule has 21 heavy (non-hydrogen) atoms. The van der Waals surface area contributed by atoms with Gasteiger partial charge in [0.25, 0.3) is 5.69 Å². The van der Waals surface area contributed by atoms with Gasteiger partial charge < -0.3 is 9.15 Å². The molecule has 1 aromatic carbocycles. The maximum atomic E-state index is 6.20. The van der Waals surface area contributed by atoms with E-state index in [2.05, 4.69) is 50.7 Å². The lowest BCUT2D eigenvalue weighted by molar-refractivity contribution is -0.660. The van der Waals surface area contributed by atoms with Crippen molar-refractivity contribution in [2.75, 3.05) is 0 Å². The third-order valence-electron chi connectivity index (χ3n) is 4.29. The molecule has 0 atom stereocenters. The number of fused-ring (bicyclic) bond motifs is 2. The van der Waals surface area contributed by atoms with Gasteiger partial charge in [0.15, 0.2) is 11.9 Å². The van der Waals surface area contributed by atoms with Gasteiger partial charge in [0.05, 0.1) is 10.9 Å². The molecule has 0 saturated heterocycles. The van der Waals surface area contributed by atoms with Crippen LogP contribution in [-0.4, -0.2) is 0 Å². The minimum absolute atomic E-state index is 0.410. The summed E-state index contributed by atoms with van der Waals surface area (Å²) in [6.45, 7) is 6.53. The number of hydrogen-bond acceptors (Lipinski definition) is 2. The largest absolute Gasteiger partial charge is 0.460 e. The van der Waals surface area contributed by atoms with Gasteiger partial charge in [-0.15, -0.1) is 0 Å². The molecule has 106 valence electrons. The molecular weight excluding hydrogens is 262 g/mol. The van der Waals surface area contributed by atoms with Gasteiger partial charge in [0.2, 0.25) is 5.75 Å². The van der Waals surface area contributed by atoms with Crippen LogP contribution in [0.25, 0.3) is 22.2 Å². The standard InChI is InChI=1S/C18H18NO2/c1-10(2)12-7-8-19(4)17-15-11(3)5-6-13-16(15)14(9-20-13)21-18(12)17/h5-10H,1-4H3/q+1. The number of pyridine rings is 1. The fraction of sp³-hybridized carbons (Fsp3) is 0.278. The van der Waals surface area contributed by atoms with Crippen LogP contribution >= 0.6 is 0 Å². The lowest BCUT2D eigenvalue weighted by Gasteiger charge is -2.20. The molecule has 1 aliphatic rings. The molecule has 0 aliphatic carbocycles. The van der Waals surface area contributed by atoms with Crippen molar-refractivity contribution in [2.45, 2.75) is 26.7 Å². The molecule has 0 N–H and O–H groups in total. The van der Waals surface area contributed by atoms with Crippen LogP contribution in [-0.2, 0) is 7.05 Å². The molecule has 3 heteroatoms. The third kappa shape index (κ3) is 1.57. The summed E-state index contributed by atoms with van der Waals surface area (Å²) >= 11 is 0. The summed E-state index contributed by atoms with van der Waals surface area (Å²) in [6, 6.07) is 6.27. The lowest BCUT2D eigenvalue weighted by atomic mass is 9.93. The quantitative estimate of drug-likeness (QED) is 0.481. The second kappa shape index (κ2) is 4.10. The summed E-state index contributed by atoms with van der Waals surface area (Å²) in [5, 5.41) is 1.08. The number of aryl methyl sites for hydroxylation is 2. The monoisotopic (exact) mass is 280 g/mol. The molecular formula is C18H18NO2+. The highest BCUT2D eigenvalue weighted by atomic mass is 16.5. The highest BCUT2D eigenvalue weighted by Gasteiger charge is 2.33. The van der Waals surface area contributed by atoms with E-state index in [1.807, 2.05) is 6.07 Å². The first-order valence-corrected chi connectivity index (χ1v) is 7.29. The highest BCUT2D eigenvalue weighted by molar-refractivity contribution is 6.01. The van der Waals surface area contributed by atoms with Crippen LogP contribution in [0, 0.1) is 6.92 Å². The molecule has 0 fully saturated rings. The maximum Gasteiger partial charge on any atom is 0.256 e. The van der Waals surface area contributed by atoms with Crippen LogP contribution in [0.3, 0.4) is 0 Å². The van der Waals surface area contributed by atoms with Crippen molar-refractivity contribution in [1.29, 1.82) is 0 Å². The molecule has 2 aromatic heterocycles. The number of nitrogens with zero attached hydrogens (tertiary/aromatic N) is 1. The summed E-state index contributed by atoms with van der Waals surface area (Å²) in [5.41, 5.74) is 5.71. The Balaban J connectivity index is 2.18. The van der Waals surface area contributed by atoms with E-state index in [1.54, 1.807) is 6.26 Å². The zero-order chi connectivity index (χ0) is 14.7. The van der Waals surface area contributed by atoms with Gasteiger partial charge in [-0.3, -0.25) is 0 Å². The van der Waals surface area contributed by atoms with Gasteiger partial charge >= 0.3 is 0 Å². The van der Waals surface area contributed by atoms with Crippen molar-refractivity contribution in [1.82, 2.24) is 0 Å². The van der Waals surface area contributed by atoms with Crippen LogP contribution in [0.1, 0.15) is 30.9 Å². The highest BCUT2D eigenvalue weighted by Crippen LogP contribution is 2.49. The van der Waals surface area contributed by atoms with E-state index < -0.39 is 0 Å². The average molecular weight is 280 g/mol. The van der Waals surface area contributed by atoms with Crippen molar-refractivity contribution in [3.8, 4) is 22.8 Å². The molecule has 0 bridgehead atoms. The Morgan fingerprint density at radius 3 is 2.71 bits per heavy atom. The molecule has 0 amide bonds. The second-order valence-corrected chi connectivity index (χ2v) is 6.05. The number of ether oxygens (including phenoxy) is 1. The van der Waals surface area contributed by atoms with E-state index in [0.717, 1.165) is 28.2 Å². The minimum Gasteiger partial charge on any atom is -0.460 e. The maximum absolute atomic E-state index is 6.20. The minimum atomic E-state index is 0.410. The van der Waals surface area contributed by atoms with Gasteiger partial charge in [0.1, 0.15) is 18.9 Å². The molecule has 0 unspecified atom stereocenters. The summed E-state index contributed by atoms with van der Waals surface area (Å²) in [4.78, 5) is 0. The Hall–Kier alpha value is -2.29. The lowest BCUT2D eigenvalue weighted by Crippen LogP contribution is -2.32. The predicted octanol–water partition coefficient (Wildman–Crippen LogP) is 4.46. The van der Waals surface area contributed by atoms with Crippen molar-refractivity contribution in [3.05, 3.63) is 41.8 Å². The van der Waals surface area contributed by atoms with Gasteiger partial charge in [-0.05, 0) is 24.5 Å². The number of aromatic nitrogens is 1. The van der Waals surface area contributed by atoms with Crippen LogP contribution in [0.4, 0.5) is 0 Å². The first-order chi connectivity index (χ1) is 10.1. The zero-order valence-electron chi connectivity index (χ0n) is 12.7. The van der Waals surface area contributed by atoms with E-state index in [1.165, 1.54) is 16.7 Å². The van der Waals surface area contributed by atoms with E-state index in [0.29, 0.717) is 5.92 Å². The summed E-state index contributed by atoms with van der Waals surface area (Å²) in [5.74, 6) is 2.19. The van der Waals surface area contributed by atoms with Crippen LogP contribution in [0.5, 0.6) is 11.5 Å². The summed E-state index contributed by atoms with van der Waals surface area (Å²) < 4.78 is 14.0. The summed E-state index contributed by atoms with van der Waals surface area (Å²) in [6.07, 6.45) is 3.83. The Bertz CT molecular complexity index is 875. The smallest absolute Gasteiger partial charge is 0.256 e. The molecule has 3 heterocycles. The zero-order valence-corrected chi connectivity index (χ0v) is 12.7. The number of furan rings is 1. The number of rotatable bonds is 1. The van der Waals surface area contributed by atoms with E-state index in [-0.39, 0.29) is 0 Å². The summed E-state index contributed by atoms with van der Waals surface area (Å²) in [7, 11) is 2.07. The fourth-order valence-corrected chi connectivity index (χ4v) is 3.19. The van der Waals surface area contributed by atoms with Crippen molar-refractivity contribution in [2.24, 2.45) is 7.05 Å². The Morgan fingerprint density at radius 1 is 1.14 bits per heavy atom. The van der Waals surface area contributed by atoms with E-state index in [4.69, 9.17) is 9.15 Å².